The predicted octanol–water partition coefficient (Wildman–Crippen LogP) is 4.32. The first-order chi connectivity index (χ1) is 6.88. The van der Waals surface area contributed by atoms with Gasteiger partial charge in [-0.05, 0) is 32.4 Å². The summed E-state index contributed by atoms with van der Waals surface area (Å²) in [5, 5.41) is 0. The average Bonchev–Trinajstić information content (AvgIpc) is 2.20. The predicted molar refractivity (Wildman–Crippen MR) is 67.9 cm³/mol. The van der Waals surface area contributed by atoms with Crippen molar-refractivity contribution in [2.45, 2.75) is 73.3 Å². The Hall–Kier alpha value is -0.0400. The molecule has 0 aliphatic heterocycles. The Morgan fingerprint density at radius 3 is 1.71 bits per heavy atom. The van der Waals surface area contributed by atoms with Crippen molar-refractivity contribution in [3.05, 3.63) is 0 Å². The van der Waals surface area contributed by atoms with Crippen LogP contribution in [-0.2, 0) is 0 Å². The minimum Gasteiger partial charge on any atom is -0.301 e. The van der Waals surface area contributed by atoms with Crippen LogP contribution in [0.1, 0.15) is 67.2 Å². The lowest BCUT2D eigenvalue weighted by molar-refractivity contribution is 0.134. The number of hydrogen-bond acceptors (Lipinski definition) is 1. The Labute approximate surface area is 91.9 Å². The Balaban J connectivity index is 0. The lowest BCUT2D eigenvalue weighted by Gasteiger charge is -2.36. The van der Waals surface area contributed by atoms with Crippen molar-refractivity contribution < 1.29 is 0 Å². The van der Waals surface area contributed by atoms with Crippen molar-refractivity contribution in [2.75, 3.05) is 13.1 Å². The third-order valence-electron chi connectivity index (χ3n) is 2.51. The third-order valence-corrected chi connectivity index (χ3v) is 2.51. The first kappa shape index (κ1) is 16.4. The molecule has 1 fully saturated rings. The van der Waals surface area contributed by atoms with Crippen molar-refractivity contribution in [2.24, 2.45) is 0 Å². The topological polar surface area (TPSA) is 3.24 Å². The maximum atomic E-state index is 2.61. The molecule has 88 valence electrons. The zero-order valence-electron chi connectivity index (χ0n) is 11.3. The number of hydrogen-bond donors (Lipinski definition) is 0. The summed E-state index contributed by atoms with van der Waals surface area (Å²) >= 11 is 0. The average molecular weight is 201 g/mol. The fourth-order valence-corrected chi connectivity index (χ4v) is 1.64. The van der Waals surface area contributed by atoms with Gasteiger partial charge in [-0.15, -0.1) is 0 Å². The lowest BCUT2D eigenvalue weighted by Crippen LogP contribution is -2.40. The molecule has 1 heteroatoms. The van der Waals surface area contributed by atoms with Gasteiger partial charge >= 0.3 is 0 Å². The maximum Gasteiger partial charge on any atom is 0.00951 e. The van der Waals surface area contributed by atoms with Crippen LogP contribution >= 0.6 is 0 Å². The van der Waals surface area contributed by atoms with Crippen LogP contribution in [-0.4, -0.2) is 24.0 Å². The van der Waals surface area contributed by atoms with Gasteiger partial charge in [0, 0.05) is 6.04 Å². The fourth-order valence-electron chi connectivity index (χ4n) is 1.64. The molecule has 0 spiro atoms. The van der Waals surface area contributed by atoms with Gasteiger partial charge in [-0.25, -0.2) is 0 Å². The maximum absolute atomic E-state index is 2.61. The molecule has 0 radical (unpaired) electrons. The van der Waals surface area contributed by atoms with Crippen LogP contribution in [0.25, 0.3) is 0 Å². The molecular weight excluding hydrogens is 170 g/mol. The van der Waals surface area contributed by atoms with Crippen LogP contribution in [0.3, 0.4) is 0 Å². The molecule has 1 saturated carbocycles. The zero-order valence-corrected chi connectivity index (χ0v) is 11.3. The summed E-state index contributed by atoms with van der Waals surface area (Å²) in [6.07, 6.45) is 5.68. The highest BCUT2D eigenvalue weighted by Gasteiger charge is 2.22. The van der Waals surface area contributed by atoms with E-state index in [1.807, 2.05) is 27.7 Å². The highest BCUT2D eigenvalue weighted by atomic mass is 15.2. The monoisotopic (exact) mass is 201 g/mol. The van der Waals surface area contributed by atoms with Crippen LogP contribution in [0.4, 0.5) is 0 Å². The van der Waals surface area contributed by atoms with E-state index >= 15 is 0 Å². The van der Waals surface area contributed by atoms with E-state index in [1.165, 1.54) is 38.8 Å². The van der Waals surface area contributed by atoms with Gasteiger partial charge in [-0.1, -0.05) is 48.0 Å². The minimum absolute atomic E-state index is 0.949. The van der Waals surface area contributed by atoms with Crippen molar-refractivity contribution in [3.63, 3.8) is 0 Å². The normalized spacial score (nSPS) is 14.8. The molecule has 14 heavy (non-hydrogen) atoms. The third kappa shape index (κ3) is 6.42. The van der Waals surface area contributed by atoms with E-state index in [0.717, 1.165) is 6.04 Å². The molecule has 1 aliphatic carbocycles. The molecule has 0 bridgehead atoms. The van der Waals surface area contributed by atoms with E-state index in [1.54, 1.807) is 0 Å². The number of nitrogens with zero attached hydrogens (tertiary/aromatic N) is 1. The molecule has 1 rings (SSSR count). The molecule has 0 saturated heterocycles. The van der Waals surface area contributed by atoms with Crippen LogP contribution in [0, 0.1) is 0 Å². The first-order valence-electron chi connectivity index (χ1n) is 6.62. The highest BCUT2D eigenvalue weighted by Crippen LogP contribution is 2.24. The lowest BCUT2D eigenvalue weighted by atomic mass is 9.91. The second-order valence-corrected chi connectivity index (χ2v) is 3.21. The van der Waals surface area contributed by atoms with Gasteiger partial charge in [-0.2, -0.15) is 0 Å². The van der Waals surface area contributed by atoms with Crippen LogP contribution in [0.5, 0.6) is 0 Å². The molecule has 0 N–H and O–H groups in total. The fraction of sp³-hybridized carbons (Fsp3) is 1.00. The van der Waals surface area contributed by atoms with E-state index in [9.17, 15) is 0 Å². The summed E-state index contributed by atoms with van der Waals surface area (Å²) in [4.78, 5) is 2.61. The van der Waals surface area contributed by atoms with Crippen molar-refractivity contribution in [1.82, 2.24) is 4.90 Å². The molecule has 0 aromatic carbocycles. The zero-order chi connectivity index (χ0) is 11.4. The molecule has 1 nitrogen and oxygen atoms in total. The van der Waals surface area contributed by atoms with Crippen molar-refractivity contribution in [3.8, 4) is 0 Å². The van der Waals surface area contributed by atoms with E-state index in [0.29, 0.717) is 0 Å². The summed E-state index contributed by atoms with van der Waals surface area (Å²) in [6, 6.07) is 0.949. The first-order valence-corrected chi connectivity index (χ1v) is 6.62. The summed E-state index contributed by atoms with van der Waals surface area (Å²) in [7, 11) is 0. The molecule has 0 aromatic heterocycles. The van der Waals surface area contributed by atoms with Crippen LogP contribution in [0.2, 0.25) is 0 Å². The van der Waals surface area contributed by atoms with E-state index in [4.69, 9.17) is 0 Å². The van der Waals surface area contributed by atoms with Crippen molar-refractivity contribution >= 4 is 0 Å². The molecule has 0 heterocycles. The molecule has 0 atom stereocenters. The second-order valence-electron chi connectivity index (χ2n) is 3.21. The highest BCUT2D eigenvalue weighted by molar-refractivity contribution is 4.78. The van der Waals surface area contributed by atoms with Gasteiger partial charge in [0.05, 0.1) is 0 Å². The standard InChI is InChI=1S/C9H19N.2C2H6/c1-3-8-10(4-2)9-6-5-7-9;2*1-2/h9H,3-8H2,1-2H3;2*1-2H3. The quantitative estimate of drug-likeness (QED) is 0.654. The Kier molecular flexibility index (Phi) is 15.2. The molecule has 0 amide bonds. The van der Waals surface area contributed by atoms with E-state index in [-0.39, 0.29) is 0 Å². The van der Waals surface area contributed by atoms with E-state index in [2.05, 4.69) is 18.7 Å². The SMILES string of the molecule is CC.CC.CCCN(CC)C1CCC1. The molecule has 0 aromatic rings. The van der Waals surface area contributed by atoms with Gasteiger partial charge < -0.3 is 4.90 Å². The van der Waals surface area contributed by atoms with Gasteiger partial charge in [-0.3, -0.25) is 0 Å². The summed E-state index contributed by atoms with van der Waals surface area (Å²) in [5.74, 6) is 0. The van der Waals surface area contributed by atoms with Gasteiger partial charge in [0.2, 0.25) is 0 Å². The Morgan fingerprint density at radius 1 is 1.00 bits per heavy atom. The minimum atomic E-state index is 0.949. The Morgan fingerprint density at radius 2 is 1.50 bits per heavy atom. The Bertz CT molecular complexity index is 87.2. The van der Waals surface area contributed by atoms with Gasteiger partial charge in [0.1, 0.15) is 0 Å². The summed E-state index contributed by atoms with van der Waals surface area (Å²) in [5.41, 5.74) is 0. The van der Waals surface area contributed by atoms with Crippen LogP contribution < -0.4 is 0 Å². The van der Waals surface area contributed by atoms with Gasteiger partial charge in [0.15, 0.2) is 0 Å². The molecular formula is C13H31N. The smallest absolute Gasteiger partial charge is 0.00951 e. The molecule has 1 aliphatic rings. The van der Waals surface area contributed by atoms with E-state index < -0.39 is 0 Å². The summed E-state index contributed by atoms with van der Waals surface area (Å²) < 4.78 is 0. The number of rotatable bonds is 4. The van der Waals surface area contributed by atoms with Gasteiger partial charge in [0.25, 0.3) is 0 Å². The molecule has 0 unspecified atom stereocenters. The largest absolute Gasteiger partial charge is 0.301 e. The van der Waals surface area contributed by atoms with Crippen LogP contribution in [0.15, 0.2) is 0 Å². The second kappa shape index (κ2) is 13.0. The summed E-state index contributed by atoms with van der Waals surface area (Å²) in [6.45, 7) is 15.1. The van der Waals surface area contributed by atoms with Crippen molar-refractivity contribution in [1.29, 1.82) is 0 Å².